The highest BCUT2D eigenvalue weighted by atomic mass is 16.2. The van der Waals surface area contributed by atoms with E-state index in [1.165, 1.54) is 0 Å². The van der Waals surface area contributed by atoms with Crippen molar-refractivity contribution in [3.05, 3.63) is 94.0 Å². The van der Waals surface area contributed by atoms with Crippen LogP contribution in [0.4, 0.5) is 11.4 Å². The first-order chi connectivity index (χ1) is 19.8. The molecule has 6 heteroatoms. The fourth-order valence-electron chi connectivity index (χ4n) is 4.86. The number of hydrogen-bond donors (Lipinski definition) is 4. The summed E-state index contributed by atoms with van der Waals surface area (Å²) in [6, 6.07) is 19.5. The number of anilines is 2. The molecule has 6 nitrogen and oxygen atoms in total. The molecule has 0 aliphatic rings. The third-order valence-electron chi connectivity index (χ3n) is 7.64. The van der Waals surface area contributed by atoms with Crippen LogP contribution in [-0.2, 0) is 23.7 Å². The van der Waals surface area contributed by atoms with Gasteiger partial charge in [-0.2, -0.15) is 0 Å². The number of rotatable bonds is 12. The highest BCUT2D eigenvalue weighted by Crippen LogP contribution is 2.30. The average Bonchev–Trinajstić information content (AvgIpc) is 2.93. The molecule has 42 heavy (non-hydrogen) atoms. The fourth-order valence-corrected chi connectivity index (χ4v) is 4.86. The SMILES string of the molecule is CC(C)(C)c1ccc(CCCCN)c(NC(=O)c2cccc(C(=O)Nc3cc(C(C)(C)C)ccc3CCCCN)c2)c1. The van der Waals surface area contributed by atoms with Crippen LogP contribution in [0.5, 0.6) is 0 Å². The molecule has 3 aromatic carbocycles. The second-order valence-corrected chi connectivity index (χ2v) is 13.2. The van der Waals surface area contributed by atoms with Crippen molar-refractivity contribution in [1.29, 1.82) is 0 Å². The van der Waals surface area contributed by atoms with Gasteiger partial charge in [-0.15, -0.1) is 0 Å². The van der Waals surface area contributed by atoms with Gasteiger partial charge in [0.2, 0.25) is 0 Å². The number of hydrogen-bond acceptors (Lipinski definition) is 4. The Kier molecular flexibility index (Phi) is 11.5. The molecule has 0 aliphatic heterocycles. The standard InChI is InChI=1S/C36H50N4O2/c1-35(2,3)29-18-16-25(12-7-9-20-37)31(23-29)39-33(41)27-14-11-15-28(22-27)34(42)40-32-24-30(36(4,5)6)19-17-26(32)13-8-10-21-38/h11,14-19,22-24H,7-10,12-13,20-21,37-38H2,1-6H3,(H,39,41)(H,40,42). The second-order valence-electron chi connectivity index (χ2n) is 13.2. The Hall–Kier alpha value is -3.48. The Balaban J connectivity index is 1.85. The molecule has 0 spiro atoms. The molecule has 226 valence electrons. The van der Waals surface area contributed by atoms with Crippen molar-refractivity contribution in [2.24, 2.45) is 11.5 Å². The number of amides is 2. The minimum atomic E-state index is -0.243. The van der Waals surface area contributed by atoms with Gasteiger partial charge in [0.1, 0.15) is 0 Å². The topological polar surface area (TPSA) is 110 Å². The zero-order valence-electron chi connectivity index (χ0n) is 26.4. The molecule has 0 aliphatic carbocycles. The van der Waals surface area contributed by atoms with Crippen LogP contribution >= 0.6 is 0 Å². The second kappa shape index (κ2) is 14.6. The summed E-state index contributed by atoms with van der Waals surface area (Å²) in [7, 11) is 0. The first-order valence-corrected chi connectivity index (χ1v) is 15.2. The molecular weight excluding hydrogens is 520 g/mol. The Morgan fingerprint density at radius 2 is 1.00 bits per heavy atom. The zero-order chi connectivity index (χ0) is 30.9. The van der Waals surface area contributed by atoms with Crippen molar-refractivity contribution in [2.45, 2.75) is 90.9 Å². The largest absolute Gasteiger partial charge is 0.330 e. The van der Waals surface area contributed by atoms with Gasteiger partial charge >= 0.3 is 0 Å². The molecule has 3 rings (SSSR count). The van der Waals surface area contributed by atoms with E-state index >= 15 is 0 Å². The molecule has 0 aromatic heterocycles. The first-order valence-electron chi connectivity index (χ1n) is 15.2. The predicted octanol–water partition coefficient (Wildman–Crippen LogP) is 7.35. The van der Waals surface area contributed by atoms with Crippen molar-refractivity contribution >= 4 is 23.2 Å². The minimum Gasteiger partial charge on any atom is -0.330 e. The number of nitrogens with two attached hydrogens (primary N) is 2. The average molecular weight is 571 g/mol. The summed E-state index contributed by atoms with van der Waals surface area (Å²) in [5, 5.41) is 6.26. The van der Waals surface area contributed by atoms with Gasteiger partial charge in [-0.25, -0.2) is 0 Å². The monoisotopic (exact) mass is 570 g/mol. The quantitative estimate of drug-likeness (QED) is 0.171. The summed E-state index contributed by atoms with van der Waals surface area (Å²) in [5.41, 5.74) is 18.2. The molecule has 0 saturated heterocycles. The van der Waals surface area contributed by atoms with Crippen molar-refractivity contribution in [3.8, 4) is 0 Å². The summed E-state index contributed by atoms with van der Waals surface area (Å²) in [6.07, 6.45) is 5.43. The van der Waals surface area contributed by atoms with Crippen LogP contribution in [-0.4, -0.2) is 24.9 Å². The third-order valence-corrected chi connectivity index (χ3v) is 7.64. The predicted molar refractivity (Wildman–Crippen MR) is 177 cm³/mol. The van der Waals surface area contributed by atoms with Crippen LogP contribution in [0.25, 0.3) is 0 Å². The van der Waals surface area contributed by atoms with Gasteiger partial charge in [-0.3, -0.25) is 9.59 Å². The lowest BCUT2D eigenvalue weighted by Gasteiger charge is -2.22. The molecular formula is C36H50N4O2. The van der Waals surface area contributed by atoms with E-state index < -0.39 is 0 Å². The van der Waals surface area contributed by atoms with Gasteiger partial charge in [0, 0.05) is 22.5 Å². The van der Waals surface area contributed by atoms with Crippen LogP contribution in [0.3, 0.4) is 0 Å². The van der Waals surface area contributed by atoms with Crippen LogP contribution in [0, 0.1) is 0 Å². The molecule has 0 radical (unpaired) electrons. The summed E-state index contributed by atoms with van der Waals surface area (Å²) < 4.78 is 0. The Morgan fingerprint density at radius 3 is 1.36 bits per heavy atom. The summed E-state index contributed by atoms with van der Waals surface area (Å²) in [5.74, 6) is -0.485. The molecule has 0 saturated carbocycles. The smallest absolute Gasteiger partial charge is 0.255 e. The van der Waals surface area contributed by atoms with E-state index in [1.54, 1.807) is 24.3 Å². The van der Waals surface area contributed by atoms with Gasteiger partial charge < -0.3 is 22.1 Å². The Bertz CT molecular complexity index is 1260. The molecule has 3 aromatic rings. The van der Waals surface area contributed by atoms with Crippen LogP contribution < -0.4 is 22.1 Å². The van der Waals surface area contributed by atoms with E-state index in [1.807, 2.05) is 0 Å². The number of nitrogens with one attached hydrogen (secondary N) is 2. The van der Waals surface area contributed by atoms with Crippen molar-refractivity contribution in [2.75, 3.05) is 23.7 Å². The Morgan fingerprint density at radius 1 is 0.595 bits per heavy atom. The molecule has 0 heterocycles. The van der Waals surface area contributed by atoms with Crippen LogP contribution in [0.2, 0.25) is 0 Å². The maximum Gasteiger partial charge on any atom is 0.255 e. The lowest BCUT2D eigenvalue weighted by atomic mass is 9.85. The van der Waals surface area contributed by atoms with Gasteiger partial charge in [-0.1, -0.05) is 71.9 Å². The van der Waals surface area contributed by atoms with Gasteiger partial charge in [-0.05, 0) is 115 Å². The van der Waals surface area contributed by atoms with E-state index in [4.69, 9.17) is 11.5 Å². The highest BCUT2D eigenvalue weighted by molar-refractivity contribution is 6.09. The highest BCUT2D eigenvalue weighted by Gasteiger charge is 2.19. The minimum absolute atomic E-state index is 0.0548. The van der Waals surface area contributed by atoms with E-state index in [0.717, 1.165) is 72.2 Å². The molecule has 0 unspecified atom stereocenters. The lowest BCUT2D eigenvalue weighted by molar-refractivity contribution is 0.102. The molecule has 6 N–H and O–H groups in total. The van der Waals surface area contributed by atoms with Crippen molar-refractivity contribution in [1.82, 2.24) is 0 Å². The molecule has 2 amide bonds. The number of benzene rings is 3. The molecule has 0 atom stereocenters. The number of unbranched alkanes of at least 4 members (excludes halogenated alkanes) is 2. The van der Waals surface area contributed by atoms with E-state index in [2.05, 4.69) is 88.6 Å². The lowest BCUT2D eigenvalue weighted by Crippen LogP contribution is -2.18. The maximum absolute atomic E-state index is 13.5. The summed E-state index contributed by atoms with van der Waals surface area (Å²) in [4.78, 5) is 26.9. The van der Waals surface area contributed by atoms with Crippen LogP contribution in [0.15, 0.2) is 60.7 Å². The fraction of sp³-hybridized carbons (Fsp3) is 0.444. The molecule has 0 fully saturated rings. The van der Waals surface area contributed by atoms with Crippen molar-refractivity contribution < 1.29 is 9.59 Å². The number of aryl methyl sites for hydroxylation is 2. The third kappa shape index (κ3) is 9.27. The number of carbonyl (C=O) groups excluding carboxylic acids is 2. The summed E-state index contributed by atoms with van der Waals surface area (Å²) in [6.45, 7) is 14.2. The van der Waals surface area contributed by atoms with E-state index in [0.29, 0.717) is 24.2 Å². The van der Waals surface area contributed by atoms with Gasteiger partial charge in [0.15, 0.2) is 0 Å². The zero-order valence-corrected chi connectivity index (χ0v) is 26.4. The maximum atomic E-state index is 13.5. The van der Waals surface area contributed by atoms with Gasteiger partial charge in [0.25, 0.3) is 11.8 Å². The molecule has 0 bridgehead atoms. The Labute approximate surface area is 252 Å². The van der Waals surface area contributed by atoms with E-state index in [-0.39, 0.29) is 22.6 Å². The van der Waals surface area contributed by atoms with Gasteiger partial charge in [0.05, 0.1) is 0 Å². The summed E-state index contributed by atoms with van der Waals surface area (Å²) >= 11 is 0. The first kappa shape index (κ1) is 33.0. The van der Waals surface area contributed by atoms with E-state index in [9.17, 15) is 9.59 Å². The normalized spacial score (nSPS) is 11.8. The number of carbonyl (C=O) groups is 2. The van der Waals surface area contributed by atoms with Crippen molar-refractivity contribution in [3.63, 3.8) is 0 Å². The van der Waals surface area contributed by atoms with Crippen LogP contribution in [0.1, 0.15) is 110 Å².